The van der Waals surface area contributed by atoms with Gasteiger partial charge in [0.15, 0.2) is 0 Å². The van der Waals surface area contributed by atoms with E-state index >= 15 is 0 Å². The second kappa shape index (κ2) is 8.32. The van der Waals surface area contributed by atoms with Crippen molar-refractivity contribution in [1.82, 2.24) is 4.98 Å². The summed E-state index contributed by atoms with van der Waals surface area (Å²) >= 11 is 5.89. The smallest absolute Gasteiger partial charge is 0.230 e. The normalized spacial score (nSPS) is 22.6. The quantitative estimate of drug-likeness (QED) is 0.563. The molecule has 1 aromatic heterocycles. The van der Waals surface area contributed by atoms with Crippen molar-refractivity contribution in [3.05, 3.63) is 71.1 Å². The SMILES string of the molecule is C[C@@H](C(=O)Nc1ccc(Cl)cc1)[C@]1(O)CC[C@@H](c2ccnc3ccc(F)cc32)CC1. The number of anilines is 1. The van der Waals surface area contributed by atoms with Gasteiger partial charge in [-0.1, -0.05) is 18.5 Å². The first-order valence-electron chi connectivity index (χ1n) is 10.2. The Labute approximate surface area is 180 Å². The maximum atomic E-state index is 13.8. The van der Waals surface area contributed by atoms with Crippen molar-refractivity contribution < 1.29 is 14.3 Å². The molecule has 4 nitrogen and oxygen atoms in total. The minimum Gasteiger partial charge on any atom is -0.389 e. The van der Waals surface area contributed by atoms with Gasteiger partial charge in [0.2, 0.25) is 5.91 Å². The van der Waals surface area contributed by atoms with Crippen molar-refractivity contribution in [3.8, 4) is 0 Å². The Kier molecular flexibility index (Phi) is 5.76. The number of carbonyl (C=O) groups excluding carboxylic acids is 1. The molecular weight excluding hydrogens is 403 g/mol. The first-order chi connectivity index (χ1) is 14.4. The Morgan fingerprint density at radius 1 is 1.20 bits per heavy atom. The maximum absolute atomic E-state index is 13.8. The van der Waals surface area contributed by atoms with Crippen LogP contribution in [0, 0.1) is 11.7 Å². The molecule has 2 N–H and O–H groups in total. The van der Waals surface area contributed by atoms with Crippen molar-refractivity contribution in [3.63, 3.8) is 0 Å². The number of amides is 1. The first kappa shape index (κ1) is 20.8. The molecule has 6 heteroatoms. The highest BCUT2D eigenvalue weighted by Gasteiger charge is 2.41. The third-order valence-corrected chi connectivity index (χ3v) is 6.59. The highest BCUT2D eigenvalue weighted by Crippen LogP contribution is 2.43. The number of halogens is 2. The first-order valence-corrected chi connectivity index (χ1v) is 10.6. The van der Waals surface area contributed by atoms with Crippen LogP contribution in [0.2, 0.25) is 5.02 Å². The van der Waals surface area contributed by atoms with Crippen LogP contribution < -0.4 is 5.32 Å². The molecule has 1 aliphatic rings. The third-order valence-electron chi connectivity index (χ3n) is 6.34. The van der Waals surface area contributed by atoms with Gasteiger partial charge in [0.05, 0.1) is 17.0 Å². The van der Waals surface area contributed by atoms with E-state index in [1.54, 1.807) is 43.5 Å². The summed E-state index contributed by atoms with van der Waals surface area (Å²) in [4.78, 5) is 17.0. The van der Waals surface area contributed by atoms with Crippen LogP contribution in [0.3, 0.4) is 0 Å². The van der Waals surface area contributed by atoms with E-state index in [0.717, 1.165) is 29.3 Å². The van der Waals surface area contributed by atoms with Gasteiger partial charge in [-0.05, 0) is 85.7 Å². The highest BCUT2D eigenvalue weighted by atomic mass is 35.5. The monoisotopic (exact) mass is 426 g/mol. The molecule has 0 aliphatic heterocycles. The summed E-state index contributed by atoms with van der Waals surface area (Å²) in [7, 11) is 0. The molecule has 1 heterocycles. The fourth-order valence-corrected chi connectivity index (χ4v) is 4.51. The summed E-state index contributed by atoms with van der Waals surface area (Å²) in [5.74, 6) is -0.851. The number of pyridine rings is 1. The lowest BCUT2D eigenvalue weighted by Crippen LogP contribution is -2.45. The van der Waals surface area contributed by atoms with Gasteiger partial charge in [-0.2, -0.15) is 0 Å². The van der Waals surface area contributed by atoms with E-state index in [0.29, 0.717) is 23.6 Å². The number of benzene rings is 2. The van der Waals surface area contributed by atoms with E-state index in [-0.39, 0.29) is 17.6 Å². The average Bonchev–Trinajstić information content (AvgIpc) is 2.75. The maximum Gasteiger partial charge on any atom is 0.230 e. The second-order valence-corrected chi connectivity index (χ2v) is 8.59. The van der Waals surface area contributed by atoms with Gasteiger partial charge < -0.3 is 10.4 Å². The lowest BCUT2D eigenvalue weighted by Gasteiger charge is -2.40. The molecular formula is C24H24ClFN2O2. The zero-order chi connectivity index (χ0) is 21.3. The van der Waals surface area contributed by atoms with Crippen molar-refractivity contribution in [2.24, 2.45) is 5.92 Å². The van der Waals surface area contributed by atoms with Gasteiger partial charge in [-0.3, -0.25) is 9.78 Å². The van der Waals surface area contributed by atoms with Crippen molar-refractivity contribution in [2.75, 3.05) is 5.32 Å². The van der Waals surface area contributed by atoms with Crippen molar-refractivity contribution >= 4 is 34.1 Å². The molecule has 1 fully saturated rings. The number of rotatable bonds is 4. The predicted molar refractivity (Wildman–Crippen MR) is 117 cm³/mol. The van der Waals surface area contributed by atoms with Crippen molar-refractivity contribution in [1.29, 1.82) is 0 Å². The van der Waals surface area contributed by atoms with E-state index in [4.69, 9.17) is 11.6 Å². The largest absolute Gasteiger partial charge is 0.389 e. The Morgan fingerprint density at radius 2 is 1.90 bits per heavy atom. The van der Waals surface area contributed by atoms with Crippen LogP contribution in [0.25, 0.3) is 10.9 Å². The number of hydrogen-bond donors (Lipinski definition) is 2. The van der Waals surface area contributed by atoms with Crippen LogP contribution in [-0.2, 0) is 4.79 Å². The number of fused-ring (bicyclic) bond motifs is 1. The van der Waals surface area contributed by atoms with Gasteiger partial charge >= 0.3 is 0 Å². The topological polar surface area (TPSA) is 62.2 Å². The van der Waals surface area contributed by atoms with Crippen LogP contribution in [0.15, 0.2) is 54.7 Å². The van der Waals surface area contributed by atoms with Gasteiger partial charge in [0.25, 0.3) is 0 Å². The number of nitrogens with zero attached hydrogens (tertiary/aromatic N) is 1. The molecule has 0 bridgehead atoms. The molecule has 1 saturated carbocycles. The molecule has 1 aliphatic carbocycles. The van der Waals surface area contributed by atoms with Crippen molar-refractivity contribution in [2.45, 2.75) is 44.1 Å². The molecule has 0 unspecified atom stereocenters. The fraction of sp³-hybridized carbons (Fsp3) is 0.333. The molecule has 0 spiro atoms. The molecule has 0 saturated heterocycles. The predicted octanol–water partition coefficient (Wildman–Crippen LogP) is 5.69. The molecule has 156 valence electrons. The number of aromatic nitrogens is 1. The zero-order valence-electron chi connectivity index (χ0n) is 16.7. The lowest BCUT2D eigenvalue weighted by molar-refractivity contribution is -0.131. The zero-order valence-corrected chi connectivity index (χ0v) is 17.5. The lowest BCUT2D eigenvalue weighted by atomic mass is 9.70. The molecule has 3 aromatic rings. The standard InChI is InChI=1S/C24H24ClFN2O2/c1-15(23(29)28-19-5-2-17(25)3-6-19)24(30)11-8-16(9-12-24)20-10-13-27-22-7-4-18(26)14-21(20)22/h2-7,10,13-16,30H,8-9,11-12H2,1H3,(H,28,29)/t15-,16-,24+/m0/s1. The summed E-state index contributed by atoms with van der Waals surface area (Å²) in [6.45, 7) is 1.77. The summed E-state index contributed by atoms with van der Waals surface area (Å²) in [5, 5.41) is 15.5. The van der Waals surface area contributed by atoms with E-state index in [9.17, 15) is 14.3 Å². The van der Waals surface area contributed by atoms with Gasteiger partial charge in [0.1, 0.15) is 5.82 Å². The minimum atomic E-state index is -1.07. The second-order valence-electron chi connectivity index (χ2n) is 8.16. The number of nitrogens with one attached hydrogen (secondary N) is 1. The summed E-state index contributed by atoms with van der Waals surface area (Å²) in [6.07, 6.45) is 4.21. The van der Waals surface area contributed by atoms with Gasteiger partial charge in [-0.15, -0.1) is 0 Å². The van der Waals surface area contributed by atoms with E-state index in [2.05, 4.69) is 10.3 Å². The molecule has 1 atom stereocenters. The van der Waals surface area contributed by atoms with Crippen LogP contribution in [0.1, 0.15) is 44.1 Å². The molecule has 0 radical (unpaired) electrons. The summed E-state index contributed by atoms with van der Waals surface area (Å²) in [6, 6.07) is 13.5. The molecule has 2 aromatic carbocycles. The molecule has 30 heavy (non-hydrogen) atoms. The van der Waals surface area contributed by atoms with Crippen LogP contribution in [-0.4, -0.2) is 21.6 Å². The highest BCUT2D eigenvalue weighted by molar-refractivity contribution is 6.30. The number of carbonyl (C=O) groups is 1. The van der Waals surface area contributed by atoms with Gasteiger partial charge in [-0.25, -0.2) is 4.39 Å². The van der Waals surface area contributed by atoms with E-state index in [1.807, 2.05) is 6.07 Å². The summed E-state index contributed by atoms with van der Waals surface area (Å²) < 4.78 is 13.8. The Balaban J connectivity index is 1.46. The summed E-state index contributed by atoms with van der Waals surface area (Å²) in [5.41, 5.74) is 1.41. The van der Waals surface area contributed by atoms with Gasteiger partial charge in [0, 0.05) is 22.3 Å². The third kappa shape index (κ3) is 4.18. The Hall–Kier alpha value is -2.50. The van der Waals surface area contributed by atoms with Crippen LogP contribution in [0.5, 0.6) is 0 Å². The Bertz CT molecular complexity index is 1060. The van der Waals surface area contributed by atoms with Crippen LogP contribution in [0.4, 0.5) is 10.1 Å². The van der Waals surface area contributed by atoms with E-state index in [1.165, 1.54) is 12.1 Å². The Morgan fingerprint density at radius 3 is 2.60 bits per heavy atom. The molecule has 4 rings (SSSR count). The minimum absolute atomic E-state index is 0.198. The average molecular weight is 427 g/mol. The fourth-order valence-electron chi connectivity index (χ4n) is 4.39. The molecule has 1 amide bonds. The number of aliphatic hydroxyl groups is 1. The van der Waals surface area contributed by atoms with Crippen LogP contribution >= 0.6 is 11.6 Å². The number of hydrogen-bond acceptors (Lipinski definition) is 3. The van der Waals surface area contributed by atoms with E-state index < -0.39 is 11.5 Å².